The van der Waals surface area contributed by atoms with Gasteiger partial charge in [0.05, 0.1) is 29.1 Å². The number of likely N-dealkylation sites (N-methyl/N-ethyl adjacent to an activating group) is 1. The molecule has 10 nitrogen and oxygen atoms in total. The molecular formula is C26H25N9O. The van der Waals surface area contributed by atoms with Gasteiger partial charge in [0.25, 0.3) is 0 Å². The van der Waals surface area contributed by atoms with Crippen LogP contribution in [-0.2, 0) is 11.8 Å². The number of anilines is 1. The predicted molar refractivity (Wildman–Crippen MR) is 137 cm³/mol. The maximum Gasteiger partial charge on any atom is 0.242 e. The molecule has 0 saturated carbocycles. The predicted octanol–water partition coefficient (Wildman–Crippen LogP) is 2.64. The number of rotatable bonds is 4. The standard InChI is InChI=1S/C26H25N9O/c1-15-23-25(34(5)33-15)24(30-14-29-23)19-11-20(31-22(12-19)32-26(36)16(2)27-4)7-6-18-8-9-35-17(3)28-13-21(35)10-18/h8-14,16,27H,1-5H3,(H,31,32,36)/t16-/m1/s1. The van der Waals surface area contributed by atoms with E-state index in [4.69, 9.17) is 0 Å². The molecule has 0 spiro atoms. The fourth-order valence-corrected chi connectivity index (χ4v) is 3.99. The first-order valence-electron chi connectivity index (χ1n) is 11.4. The summed E-state index contributed by atoms with van der Waals surface area (Å²) >= 11 is 0. The summed E-state index contributed by atoms with van der Waals surface area (Å²) in [6, 6.07) is 7.16. The maximum atomic E-state index is 12.6. The fourth-order valence-electron chi connectivity index (χ4n) is 3.99. The Kier molecular flexibility index (Phi) is 5.91. The second-order valence-electron chi connectivity index (χ2n) is 8.52. The minimum absolute atomic E-state index is 0.202. The highest BCUT2D eigenvalue weighted by Gasteiger charge is 2.17. The Bertz CT molecular complexity index is 1690. The van der Waals surface area contributed by atoms with Crippen LogP contribution in [0.5, 0.6) is 0 Å². The summed E-state index contributed by atoms with van der Waals surface area (Å²) in [6.07, 6.45) is 5.27. The summed E-state index contributed by atoms with van der Waals surface area (Å²) in [5.41, 5.74) is 6.09. The molecule has 1 atom stereocenters. The molecule has 0 unspecified atom stereocenters. The quantitative estimate of drug-likeness (QED) is 0.381. The van der Waals surface area contributed by atoms with Crippen molar-refractivity contribution in [1.29, 1.82) is 0 Å². The number of nitrogens with one attached hydrogen (secondary N) is 2. The van der Waals surface area contributed by atoms with Crippen LogP contribution in [0.1, 0.15) is 29.7 Å². The lowest BCUT2D eigenvalue weighted by Gasteiger charge is -2.12. The SMILES string of the molecule is CN[C@H](C)C(=O)Nc1cc(-c2ncnc3c(C)nn(C)c23)cc(C#Cc2ccn3c(C)ncc3c2)n1. The van der Waals surface area contributed by atoms with Crippen LogP contribution in [0.3, 0.4) is 0 Å². The van der Waals surface area contributed by atoms with Gasteiger partial charge in [0.2, 0.25) is 5.91 Å². The molecule has 0 saturated heterocycles. The second-order valence-corrected chi connectivity index (χ2v) is 8.52. The Morgan fingerprint density at radius 3 is 2.75 bits per heavy atom. The van der Waals surface area contributed by atoms with Crippen LogP contribution in [-0.4, -0.2) is 53.1 Å². The zero-order chi connectivity index (χ0) is 25.4. The van der Waals surface area contributed by atoms with Gasteiger partial charge in [-0.2, -0.15) is 5.10 Å². The first-order chi connectivity index (χ1) is 17.3. The number of carbonyl (C=O) groups is 1. The summed E-state index contributed by atoms with van der Waals surface area (Å²) in [5, 5.41) is 10.3. The molecule has 1 amide bonds. The van der Waals surface area contributed by atoms with E-state index >= 15 is 0 Å². The van der Waals surface area contributed by atoms with Crippen molar-refractivity contribution < 1.29 is 4.79 Å². The minimum Gasteiger partial charge on any atom is -0.309 e. The highest BCUT2D eigenvalue weighted by atomic mass is 16.2. The van der Waals surface area contributed by atoms with Crippen molar-refractivity contribution >= 4 is 28.3 Å². The van der Waals surface area contributed by atoms with Crippen LogP contribution in [0, 0.1) is 25.7 Å². The van der Waals surface area contributed by atoms with Gasteiger partial charge >= 0.3 is 0 Å². The van der Waals surface area contributed by atoms with E-state index in [9.17, 15) is 4.79 Å². The molecular weight excluding hydrogens is 454 g/mol. The van der Waals surface area contributed by atoms with Crippen molar-refractivity contribution in [3.8, 4) is 23.1 Å². The number of aryl methyl sites for hydroxylation is 3. The van der Waals surface area contributed by atoms with E-state index < -0.39 is 0 Å². The van der Waals surface area contributed by atoms with Gasteiger partial charge in [0.15, 0.2) is 0 Å². The van der Waals surface area contributed by atoms with Gasteiger partial charge in [0, 0.05) is 24.4 Å². The van der Waals surface area contributed by atoms with E-state index in [0.717, 1.165) is 39.2 Å². The fraction of sp³-hybridized carbons (Fsp3) is 0.231. The number of aromatic nitrogens is 7. The Hall–Kier alpha value is -4.62. The van der Waals surface area contributed by atoms with Crippen LogP contribution in [0.25, 0.3) is 27.8 Å². The van der Waals surface area contributed by atoms with Crippen LogP contribution in [0.4, 0.5) is 5.82 Å². The maximum absolute atomic E-state index is 12.6. The molecule has 0 aliphatic rings. The highest BCUT2D eigenvalue weighted by molar-refractivity contribution is 5.95. The first-order valence-corrected chi connectivity index (χ1v) is 11.4. The van der Waals surface area contributed by atoms with Gasteiger partial charge in [-0.3, -0.25) is 9.48 Å². The van der Waals surface area contributed by atoms with Crippen molar-refractivity contribution in [2.45, 2.75) is 26.8 Å². The zero-order valence-electron chi connectivity index (χ0n) is 20.7. The summed E-state index contributed by atoms with van der Waals surface area (Å²) in [7, 11) is 3.59. The van der Waals surface area contributed by atoms with E-state index in [0.29, 0.717) is 17.2 Å². The summed E-state index contributed by atoms with van der Waals surface area (Å²) in [5.74, 6) is 7.42. The monoisotopic (exact) mass is 479 g/mol. The summed E-state index contributed by atoms with van der Waals surface area (Å²) in [4.78, 5) is 30.4. The molecule has 0 radical (unpaired) electrons. The van der Waals surface area contributed by atoms with Crippen LogP contribution >= 0.6 is 0 Å². The molecule has 180 valence electrons. The molecule has 0 fully saturated rings. The van der Waals surface area contributed by atoms with Crippen molar-refractivity contribution in [1.82, 2.24) is 39.4 Å². The third kappa shape index (κ3) is 4.28. The van der Waals surface area contributed by atoms with E-state index in [1.165, 1.54) is 6.33 Å². The number of hydrogen-bond donors (Lipinski definition) is 2. The number of fused-ring (bicyclic) bond motifs is 2. The lowest BCUT2D eigenvalue weighted by molar-refractivity contribution is -0.117. The van der Waals surface area contributed by atoms with E-state index in [-0.39, 0.29) is 11.9 Å². The lowest BCUT2D eigenvalue weighted by Crippen LogP contribution is -2.35. The van der Waals surface area contributed by atoms with Gasteiger partial charge in [-0.25, -0.2) is 19.9 Å². The Morgan fingerprint density at radius 2 is 1.94 bits per heavy atom. The van der Waals surface area contributed by atoms with Crippen molar-refractivity contribution in [2.75, 3.05) is 12.4 Å². The van der Waals surface area contributed by atoms with Gasteiger partial charge in [-0.1, -0.05) is 5.92 Å². The smallest absolute Gasteiger partial charge is 0.242 e. The average Bonchev–Trinajstić information content (AvgIpc) is 3.40. The van der Waals surface area contributed by atoms with Crippen LogP contribution in [0.15, 0.2) is 43.0 Å². The first kappa shape index (κ1) is 23.1. The molecule has 5 rings (SSSR count). The number of pyridine rings is 2. The largest absolute Gasteiger partial charge is 0.309 e. The normalized spacial score (nSPS) is 11.9. The molecule has 5 aromatic rings. The number of carbonyl (C=O) groups excluding carboxylic acids is 1. The second kappa shape index (κ2) is 9.20. The highest BCUT2D eigenvalue weighted by Crippen LogP contribution is 2.28. The van der Waals surface area contributed by atoms with Crippen LogP contribution in [0.2, 0.25) is 0 Å². The van der Waals surface area contributed by atoms with Crippen molar-refractivity contribution in [2.24, 2.45) is 7.05 Å². The summed E-state index contributed by atoms with van der Waals surface area (Å²) < 4.78 is 3.76. The topological polar surface area (TPSA) is 115 Å². The molecule has 5 heterocycles. The van der Waals surface area contributed by atoms with Gasteiger partial charge < -0.3 is 15.0 Å². The third-order valence-electron chi connectivity index (χ3n) is 6.02. The average molecular weight is 480 g/mol. The Balaban J connectivity index is 1.61. The number of hydrogen-bond acceptors (Lipinski definition) is 7. The molecule has 10 heteroatoms. The van der Waals surface area contributed by atoms with E-state index in [1.807, 2.05) is 55.9 Å². The summed E-state index contributed by atoms with van der Waals surface area (Å²) in [6.45, 7) is 5.64. The van der Waals surface area contributed by atoms with Crippen molar-refractivity contribution in [3.63, 3.8) is 0 Å². The molecule has 5 aromatic heterocycles. The van der Waals surface area contributed by atoms with Gasteiger partial charge in [-0.05, 0) is 58.0 Å². The zero-order valence-corrected chi connectivity index (χ0v) is 20.7. The van der Waals surface area contributed by atoms with E-state index in [1.54, 1.807) is 24.7 Å². The molecule has 36 heavy (non-hydrogen) atoms. The molecule has 0 aliphatic carbocycles. The molecule has 0 aromatic carbocycles. The Morgan fingerprint density at radius 1 is 1.11 bits per heavy atom. The van der Waals surface area contributed by atoms with Crippen LogP contribution < -0.4 is 10.6 Å². The number of imidazole rings is 1. The van der Waals surface area contributed by atoms with Gasteiger partial charge in [-0.15, -0.1) is 0 Å². The van der Waals surface area contributed by atoms with Crippen molar-refractivity contribution in [3.05, 3.63) is 65.8 Å². The Labute approximate surface area is 207 Å². The molecule has 2 N–H and O–H groups in total. The number of nitrogens with zero attached hydrogens (tertiary/aromatic N) is 7. The lowest BCUT2D eigenvalue weighted by atomic mass is 10.1. The van der Waals surface area contributed by atoms with E-state index in [2.05, 4.69) is 47.5 Å². The third-order valence-corrected chi connectivity index (χ3v) is 6.02. The number of amides is 1. The van der Waals surface area contributed by atoms with Gasteiger partial charge in [0.1, 0.15) is 34.7 Å². The molecule has 0 aliphatic heterocycles. The molecule has 0 bridgehead atoms. The minimum atomic E-state index is -0.388.